The molecule has 10 nitrogen and oxygen atoms in total. The van der Waals surface area contributed by atoms with E-state index in [0.717, 1.165) is 28.1 Å². The molecule has 1 saturated carbocycles. The number of phenolic OH excluding ortho intramolecular Hbond substituents is 1. The van der Waals surface area contributed by atoms with Gasteiger partial charge in [-0.15, -0.1) is 13.2 Å². The Morgan fingerprint density at radius 3 is 2.24 bits per heavy atom. The number of imide groups is 2. The number of allylic oxidation sites excluding steroid dienone is 2. The number of carbonyl (C=O) groups excluding carboxylic acids is 4. The topological polar surface area (TPSA) is 125 Å². The molecular weight excluding hydrogens is 762 g/mol. The Morgan fingerprint density at radius 1 is 0.855 bits per heavy atom. The number of ether oxygens (including phenoxy) is 2. The Kier molecular flexibility index (Phi) is 8.84. The molecule has 2 heterocycles. The average Bonchev–Trinajstić information content (AvgIpc) is 3.54. The predicted molar refractivity (Wildman–Crippen MR) is 194 cm³/mol. The molecule has 282 valence electrons. The van der Waals surface area contributed by atoms with Gasteiger partial charge in [0.15, 0.2) is 0 Å². The third-order valence-electron chi connectivity index (χ3n) is 11.1. The number of fused-ring (bicyclic) bond motifs is 4. The third-order valence-corrected chi connectivity index (χ3v) is 11.7. The molecule has 2 N–H and O–H groups in total. The molecule has 4 aliphatic rings. The Labute approximate surface area is 322 Å². The normalized spacial score (nSPS) is 26.0. The van der Waals surface area contributed by atoms with Gasteiger partial charge in [-0.1, -0.05) is 65.2 Å². The van der Waals surface area contributed by atoms with Crippen molar-refractivity contribution < 1.29 is 46.9 Å². The Hall–Kier alpha value is -5.53. The summed E-state index contributed by atoms with van der Waals surface area (Å²) in [6, 6.07) is 22.1. The largest absolute Gasteiger partial charge is 0.573 e. The van der Waals surface area contributed by atoms with Crippen LogP contribution in [0.25, 0.3) is 0 Å². The number of methoxy groups -OCH3 is 1. The molecule has 4 aromatic carbocycles. The summed E-state index contributed by atoms with van der Waals surface area (Å²) in [6.45, 7) is 0. The lowest BCUT2D eigenvalue weighted by Gasteiger charge is -2.50. The molecule has 0 radical (unpaired) electrons. The van der Waals surface area contributed by atoms with Crippen LogP contribution < -0.4 is 19.8 Å². The first-order valence-electron chi connectivity index (χ1n) is 17.2. The molecule has 2 saturated heterocycles. The SMILES string of the molecule is COc1ccc([C@@]23C(=O)N(Nc4ccc(Cl)cc4Cl)C(=O)[C@@H]2C[C@@H]2C(=CC[C@@H]4C(=O)N(c5ccccc5)C(=O)[C@@H]42)[C@@H]3c2cc(OC(F)(F)F)ccc2O)cc1. The van der Waals surface area contributed by atoms with Gasteiger partial charge >= 0.3 is 6.36 Å². The van der Waals surface area contributed by atoms with Crippen LogP contribution in [0.3, 0.4) is 0 Å². The maximum atomic E-state index is 15.4. The third kappa shape index (κ3) is 5.79. The van der Waals surface area contributed by atoms with Crippen LogP contribution in [0.5, 0.6) is 17.2 Å². The smallest absolute Gasteiger partial charge is 0.508 e. The lowest BCUT2D eigenvalue weighted by molar-refractivity contribution is -0.274. The van der Waals surface area contributed by atoms with Gasteiger partial charge in [0.05, 0.1) is 46.7 Å². The molecule has 8 rings (SSSR count). The summed E-state index contributed by atoms with van der Waals surface area (Å²) >= 11 is 12.6. The molecule has 4 amide bonds. The molecule has 6 atom stereocenters. The minimum Gasteiger partial charge on any atom is -0.508 e. The van der Waals surface area contributed by atoms with E-state index in [1.165, 1.54) is 25.3 Å². The van der Waals surface area contributed by atoms with Gasteiger partial charge in [0.2, 0.25) is 11.8 Å². The van der Waals surface area contributed by atoms with Crippen molar-refractivity contribution in [1.29, 1.82) is 0 Å². The minimum atomic E-state index is -5.11. The van der Waals surface area contributed by atoms with Crippen molar-refractivity contribution >= 4 is 58.2 Å². The number of para-hydroxylation sites is 1. The summed E-state index contributed by atoms with van der Waals surface area (Å²) in [6.07, 6.45) is -3.44. The van der Waals surface area contributed by atoms with E-state index in [1.807, 2.05) is 0 Å². The molecule has 0 unspecified atom stereocenters. The zero-order valence-electron chi connectivity index (χ0n) is 28.7. The van der Waals surface area contributed by atoms with Crippen molar-refractivity contribution in [3.05, 3.63) is 124 Å². The molecule has 0 aromatic heterocycles. The fourth-order valence-corrected chi connectivity index (χ4v) is 9.43. The lowest BCUT2D eigenvalue weighted by Crippen LogP contribution is -2.53. The number of benzene rings is 4. The zero-order chi connectivity index (χ0) is 39.0. The van der Waals surface area contributed by atoms with E-state index in [2.05, 4.69) is 10.2 Å². The number of amides is 4. The average molecular weight is 793 g/mol. The number of hydrogen-bond acceptors (Lipinski definition) is 8. The van der Waals surface area contributed by atoms with Gasteiger partial charge in [-0.2, -0.15) is 5.01 Å². The standard InChI is InChI=1S/C40H30Cl2F3N3O7/c1-54-23-10-7-20(8-11-23)39-29(36(51)48(38(39)53)46-31-15-9-21(41)17-30(31)42)19-27-25(34(39)28-18-24(12-16-32(28)49)55-40(43,44)45)13-14-26-33(27)37(52)47(35(26)50)22-5-3-2-4-6-22/h2-13,15-18,26-27,29,33-34,46,49H,14,19H2,1H3/t26-,27+,29-,33-,34+,39+/m0/s1. The van der Waals surface area contributed by atoms with Crippen LogP contribution in [-0.2, 0) is 24.6 Å². The highest BCUT2D eigenvalue weighted by Crippen LogP contribution is 2.65. The number of nitrogens with zero attached hydrogens (tertiary/aromatic N) is 2. The van der Waals surface area contributed by atoms with E-state index in [-0.39, 0.29) is 34.7 Å². The minimum absolute atomic E-state index is 0.0499. The van der Waals surface area contributed by atoms with Gasteiger partial charge in [0.1, 0.15) is 17.2 Å². The molecule has 0 bridgehead atoms. The van der Waals surface area contributed by atoms with Crippen molar-refractivity contribution in [3.8, 4) is 17.2 Å². The van der Waals surface area contributed by atoms with E-state index in [0.29, 0.717) is 22.0 Å². The van der Waals surface area contributed by atoms with Crippen LogP contribution in [0.15, 0.2) is 103 Å². The zero-order valence-corrected chi connectivity index (χ0v) is 30.2. The van der Waals surface area contributed by atoms with Crippen LogP contribution in [0.4, 0.5) is 24.5 Å². The highest BCUT2D eigenvalue weighted by Gasteiger charge is 2.70. The molecular formula is C40H30Cl2F3N3O7. The van der Waals surface area contributed by atoms with E-state index < -0.39 is 76.5 Å². The number of hydrogen-bond donors (Lipinski definition) is 2. The fourth-order valence-electron chi connectivity index (χ4n) is 8.98. The summed E-state index contributed by atoms with van der Waals surface area (Å²) < 4.78 is 50.6. The van der Waals surface area contributed by atoms with Crippen molar-refractivity contribution in [3.63, 3.8) is 0 Å². The molecule has 4 aromatic rings. The van der Waals surface area contributed by atoms with Crippen LogP contribution in [0.1, 0.15) is 29.9 Å². The molecule has 55 heavy (non-hydrogen) atoms. The van der Waals surface area contributed by atoms with Gasteiger partial charge in [-0.3, -0.25) is 29.5 Å². The number of rotatable bonds is 7. The van der Waals surface area contributed by atoms with Gasteiger partial charge in [0.25, 0.3) is 11.8 Å². The van der Waals surface area contributed by atoms with Crippen LogP contribution >= 0.6 is 23.2 Å². The first kappa shape index (κ1) is 36.4. The molecule has 2 aliphatic carbocycles. The van der Waals surface area contributed by atoms with Gasteiger partial charge in [-0.05, 0) is 85.0 Å². The van der Waals surface area contributed by atoms with E-state index in [1.54, 1.807) is 60.7 Å². The number of halogens is 5. The van der Waals surface area contributed by atoms with Crippen LogP contribution in [0.2, 0.25) is 10.0 Å². The molecule has 3 fully saturated rings. The number of carbonyl (C=O) groups is 4. The molecule has 0 spiro atoms. The Balaban J connectivity index is 1.36. The number of alkyl halides is 3. The number of nitrogens with one attached hydrogen (secondary N) is 1. The number of aromatic hydroxyl groups is 1. The number of hydrazine groups is 1. The Morgan fingerprint density at radius 2 is 1.56 bits per heavy atom. The maximum absolute atomic E-state index is 15.4. The second-order valence-electron chi connectivity index (χ2n) is 13.8. The lowest BCUT2D eigenvalue weighted by atomic mass is 9.49. The predicted octanol–water partition coefficient (Wildman–Crippen LogP) is 7.80. The van der Waals surface area contributed by atoms with Crippen LogP contribution in [0, 0.1) is 23.7 Å². The van der Waals surface area contributed by atoms with E-state index in [9.17, 15) is 32.7 Å². The van der Waals surface area contributed by atoms with Crippen molar-refractivity contribution in [2.24, 2.45) is 23.7 Å². The first-order chi connectivity index (χ1) is 26.2. The molecule has 2 aliphatic heterocycles. The van der Waals surface area contributed by atoms with Crippen molar-refractivity contribution in [1.82, 2.24) is 5.01 Å². The van der Waals surface area contributed by atoms with Gasteiger partial charge in [-0.25, -0.2) is 0 Å². The monoisotopic (exact) mass is 791 g/mol. The Bertz CT molecular complexity index is 2290. The summed E-state index contributed by atoms with van der Waals surface area (Å²) in [7, 11) is 1.45. The van der Waals surface area contributed by atoms with Crippen LogP contribution in [-0.4, -0.2) is 47.2 Å². The second-order valence-corrected chi connectivity index (χ2v) is 14.7. The summed E-state index contributed by atoms with van der Waals surface area (Å²) in [4.78, 5) is 59.7. The highest BCUT2D eigenvalue weighted by atomic mass is 35.5. The van der Waals surface area contributed by atoms with Crippen molar-refractivity contribution in [2.75, 3.05) is 17.4 Å². The first-order valence-corrected chi connectivity index (χ1v) is 18.0. The van der Waals surface area contributed by atoms with Crippen molar-refractivity contribution in [2.45, 2.75) is 30.5 Å². The highest BCUT2D eigenvalue weighted by molar-refractivity contribution is 6.36. The summed E-state index contributed by atoms with van der Waals surface area (Å²) in [5, 5.41) is 12.8. The van der Waals surface area contributed by atoms with Gasteiger partial charge in [0, 0.05) is 16.5 Å². The van der Waals surface area contributed by atoms with Gasteiger partial charge < -0.3 is 14.6 Å². The second kappa shape index (κ2) is 13.3. The molecule has 15 heteroatoms. The van der Waals surface area contributed by atoms with E-state index >= 15 is 4.79 Å². The number of phenols is 1. The number of anilines is 2. The van der Waals surface area contributed by atoms with E-state index in [4.69, 9.17) is 27.9 Å². The maximum Gasteiger partial charge on any atom is 0.573 e. The fraction of sp³-hybridized carbons (Fsp3) is 0.250. The summed E-state index contributed by atoms with van der Waals surface area (Å²) in [5.74, 6) is -8.50. The quantitative estimate of drug-likeness (QED) is 0.144. The summed E-state index contributed by atoms with van der Waals surface area (Å²) in [5.41, 5.74) is 1.99.